The molecule has 0 bridgehead atoms. The number of Topliss-reactive ketones (excluding diaryl/α,β-unsaturated/α-hetero) is 1. The number of amides is 1. The highest BCUT2D eigenvalue weighted by Crippen LogP contribution is 2.44. The first kappa shape index (κ1) is 17.4. The Kier molecular flexibility index (Phi) is 4.28. The molecule has 6 nitrogen and oxygen atoms in total. The molecule has 4 rings (SSSR count). The van der Waals surface area contributed by atoms with Gasteiger partial charge >= 0.3 is 0 Å². The van der Waals surface area contributed by atoms with Gasteiger partial charge in [0.15, 0.2) is 23.0 Å². The third kappa shape index (κ3) is 2.82. The predicted molar refractivity (Wildman–Crippen MR) is 99.2 cm³/mol. The minimum Gasteiger partial charge on any atom is -0.503 e. The molecule has 2 aliphatic rings. The number of benzene rings is 2. The minimum atomic E-state index is -0.748. The Morgan fingerprint density at radius 3 is 2.59 bits per heavy atom. The number of anilines is 1. The fourth-order valence-electron chi connectivity index (χ4n) is 3.34. The zero-order valence-electron chi connectivity index (χ0n) is 14.4. The third-order valence-corrected chi connectivity index (χ3v) is 4.90. The van der Waals surface area contributed by atoms with E-state index in [2.05, 4.69) is 0 Å². The number of fused-ring (bicyclic) bond motifs is 1. The Morgan fingerprint density at radius 2 is 1.89 bits per heavy atom. The Balaban J connectivity index is 1.85. The van der Waals surface area contributed by atoms with Gasteiger partial charge in [0, 0.05) is 23.2 Å². The largest absolute Gasteiger partial charge is 0.503 e. The number of carbonyl (C=O) groups is 2. The standard InChI is InChI=1S/C20H16ClNO5/c1-2-14(23)17-18(11-3-5-12(21)6-4-11)22(20(25)19(17)24)13-7-8-15-16(9-13)27-10-26-15/h3-9,18,24H,2,10H2,1H3. The van der Waals surface area contributed by atoms with Gasteiger partial charge in [0.25, 0.3) is 5.91 Å². The topological polar surface area (TPSA) is 76.1 Å². The van der Waals surface area contributed by atoms with Crippen LogP contribution in [0, 0.1) is 0 Å². The van der Waals surface area contributed by atoms with Crippen LogP contribution in [-0.4, -0.2) is 23.6 Å². The number of aliphatic hydroxyl groups is 1. The van der Waals surface area contributed by atoms with Crippen LogP contribution in [0.4, 0.5) is 5.69 Å². The average molecular weight is 386 g/mol. The summed E-state index contributed by atoms with van der Waals surface area (Å²) in [5.74, 6) is -0.366. The van der Waals surface area contributed by atoms with Crippen LogP contribution in [0.1, 0.15) is 24.9 Å². The second kappa shape index (κ2) is 6.63. The molecule has 1 unspecified atom stereocenters. The zero-order chi connectivity index (χ0) is 19.1. The van der Waals surface area contributed by atoms with Gasteiger partial charge in [-0.15, -0.1) is 0 Å². The lowest BCUT2D eigenvalue weighted by atomic mass is 9.95. The maximum absolute atomic E-state index is 12.9. The first-order valence-electron chi connectivity index (χ1n) is 8.46. The maximum atomic E-state index is 12.9. The maximum Gasteiger partial charge on any atom is 0.294 e. The summed E-state index contributed by atoms with van der Waals surface area (Å²) in [5.41, 5.74) is 1.25. The van der Waals surface area contributed by atoms with Crippen molar-refractivity contribution in [1.29, 1.82) is 0 Å². The van der Waals surface area contributed by atoms with Crippen LogP contribution in [0.5, 0.6) is 11.5 Å². The van der Waals surface area contributed by atoms with Crippen molar-refractivity contribution < 1.29 is 24.2 Å². The van der Waals surface area contributed by atoms with Gasteiger partial charge in [-0.25, -0.2) is 0 Å². The van der Waals surface area contributed by atoms with E-state index < -0.39 is 17.7 Å². The monoisotopic (exact) mass is 385 g/mol. The molecule has 2 aromatic carbocycles. The van der Waals surface area contributed by atoms with Crippen molar-refractivity contribution in [2.45, 2.75) is 19.4 Å². The van der Waals surface area contributed by atoms with Crippen LogP contribution < -0.4 is 14.4 Å². The fourth-order valence-corrected chi connectivity index (χ4v) is 3.47. The Bertz CT molecular complexity index is 967. The molecule has 2 aliphatic heterocycles. The molecule has 0 radical (unpaired) electrons. The van der Waals surface area contributed by atoms with Crippen LogP contribution in [0.25, 0.3) is 0 Å². The molecular weight excluding hydrogens is 370 g/mol. The van der Waals surface area contributed by atoms with E-state index in [1.165, 1.54) is 4.90 Å². The second-order valence-electron chi connectivity index (χ2n) is 6.21. The van der Waals surface area contributed by atoms with Gasteiger partial charge in [-0.05, 0) is 29.8 Å². The number of nitrogens with zero attached hydrogens (tertiary/aromatic N) is 1. The summed E-state index contributed by atoms with van der Waals surface area (Å²) in [4.78, 5) is 26.8. The first-order valence-corrected chi connectivity index (χ1v) is 8.84. The smallest absolute Gasteiger partial charge is 0.294 e. The van der Waals surface area contributed by atoms with Gasteiger partial charge < -0.3 is 14.6 Å². The number of carbonyl (C=O) groups excluding carboxylic acids is 2. The lowest BCUT2D eigenvalue weighted by Gasteiger charge is -2.27. The summed E-state index contributed by atoms with van der Waals surface area (Å²) in [7, 11) is 0. The van der Waals surface area contributed by atoms with Crippen molar-refractivity contribution in [3.63, 3.8) is 0 Å². The fraction of sp³-hybridized carbons (Fsp3) is 0.200. The van der Waals surface area contributed by atoms with E-state index in [1.54, 1.807) is 49.4 Å². The normalized spacial score (nSPS) is 18.4. The molecule has 0 aromatic heterocycles. The van der Waals surface area contributed by atoms with Crippen LogP contribution in [0.2, 0.25) is 5.02 Å². The van der Waals surface area contributed by atoms with Crippen molar-refractivity contribution in [1.82, 2.24) is 0 Å². The SMILES string of the molecule is CCC(=O)C1=C(O)C(=O)N(c2ccc3c(c2)OCO3)C1c1ccc(Cl)cc1. The predicted octanol–water partition coefficient (Wildman–Crippen LogP) is 3.95. The van der Waals surface area contributed by atoms with E-state index in [0.717, 1.165) is 0 Å². The van der Waals surface area contributed by atoms with Gasteiger partial charge in [0.05, 0.1) is 11.6 Å². The molecule has 0 fully saturated rings. The summed E-state index contributed by atoms with van der Waals surface area (Å²) >= 11 is 5.98. The van der Waals surface area contributed by atoms with Gasteiger partial charge in [-0.1, -0.05) is 30.7 Å². The Morgan fingerprint density at radius 1 is 1.19 bits per heavy atom. The van der Waals surface area contributed by atoms with Crippen molar-refractivity contribution in [3.8, 4) is 11.5 Å². The summed E-state index contributed by atoms with van der Waals surface area (Å²) in [6.07, 6.45) is 0.172. The third-order valence-electron chi connectivity index (χ3n) is 4.65. The molecule has 1 N–H and O–H groups in total. The van der Waals surface area contributed by atoms with Gasteiger partial charge in [0.1, 0.15) is 0 Å². The highest BCUT2D eigenvalue weighted by atomic mass is 35.5. The van der Waals surface area contributed by atoms with Gasteiger partial charge in [-0.2, -0.15) is 0 Å². The number of rotatable bonds is 4. The van der Waals surface area contributed by atoms with E-state index >= 15 is 0 Å². The van der Waals surface area contributed by atoms with Crippen LogP contribution in [-0.2, 0) is 9.59 Å². The van der Waals surface area contributed by atoms with Gasteiger partial charge in [-0.3, -0.25) is 14.5 Å². The van der Waals surface area contributed by atoms with E-state index in [-0.39, 0.29) is 24.6 Å². The molecule has 138 valence electrons. The average Bonchev–Trinajstić information content (AvgIpc) is 3.24. The second-order valence-corrected chi connectivity index (χ2v) is 6.64. The lowest BCUT2D eigenvalue weighted by Crippen LogP contribution is -2.30. The minimum absolute atomic E-state index is 0.0856. The number of aliphatic hydroxyl groups excluding tert-OH is 1. The number of hydrogen-bond donors (Lipinski definition) is 1. The molecule has 0 saturated heterocycles. The lowest BCUT2D eigenvalue weighted by molar-refractivity contribution is -0.118. The van der Waals surface area contributed by atoms with Crippen LogP contribution in [0.3, 0.4) is 0 Å². The van der Waals surface area contributed by atoms with Crippen molar-refractivity contribution in [2.24, 2.45) is 0 Å². The van der Waals surface area contributed by atoms with Gasteiger partial charge in [0.2, 0.25) is 6.79 Å². The quantitative estimate of drug-likeness (QED) is 0.862. The summed E-state index contributed by atoms with van der Waals surface area (Å²) < 4.78 is 10.7. The molecule has 0 saturated carbocycles. The molecule has 0 spiro atoms. The summed E-state index contributed by atoms with van der Waals surface area (Å²) in [6.45, 7) is 1.80. The Hall–Kier alpha value is -2.99. The van der Waals surface area contributed by atoms with Crippen molar-refractivity contribution >= 4 is 29.0 Å². The van der Waals surface area contributed by atoms with E-state index in [9.17, 15) is 14.7 Å². The molecule has 0 aliphatic carbocycles. The van der Waals surface area contributed by atoms with Crippen LogP contribution in [0.15, 0.2) is 53.8 Å². The molecule has 27 heavy (non-hydrogen) atoms. The molecule has 7 heteroatoms. The highest BCUT2D eigenvalue weighted by molar-refractivity contribution is 6.30. The summed E-state index contributed by atoms with van der Waals surface area (Å²) in [5, 5.41) is 11.0. The van der Waals surface area contributed by atoms with Crippen molar-refractivity contribution in [3.05, 3.63) is 64.4 Å². The van der Waals surface area contributed by atoms with E-state index in [1.807, 2.05) is 0 Å². The highest BCUT2D eigenvalue weighted by Gasteiger charge is 2.44. The number of hydrogen-bond acceptors (Lipinski definition) is 5. The number of ether oxygens (including phenoxy) is 2. The van der Waals surface area contributed by atoms with Crippen molar-refractivity contribution in [2.75, 3.05) is 11.7 Å². The first-order chi connectivity index (χ1) is 13.0. The van der Waals surface area contributed by atoms with E-state index in [4.69, 9.17) is 21.1 Å². The molecule has 2 heterocycles. The number of halogens is 1. The zero-order valence-corrected chi connectivity index (χ0v) is 15.2. The number of ketones is 1. The molecule has 1 atom stereocenters. The Labute approximate surface area is 160 Å². The summed E-state index contributed by atoms with van der Waals surface area (Å²) in [6, 6.07) is 11.1. The molecular formula is C20H16ClNO5. The van der Waals surface area contributed by atoms with E-state index in [0.29, 0.717) is 27.8 Å². The molecule has 1 amide bonds. The van der Waals surface area contributed by atoms with Crippen LogP contribution >= 0.6 is 11.6 Å². The molecule has 2 aromatic rings.